The monoisotopic (exact) mass is 204 g/mol. The normalized spacial score (nSPS) is 26.0. The average Bonchev–Trinajstić information content (AvgIpc) is 2.32. The highest BCUT2D eigenvalue weighted by Crippen LogP contribution is 2.17. The Morgan fingerprint density at radius 2 is 2.33 bits per heavy atom. The minimum Gasteiger partial charge on any atom is -0.296 e. The second kappa shape index (κ2) is 5.86. The fourth-order valence-electron chi connectivity index (χ4n) is 2.18. The van der Waals surface area contributed by atoms with E-state index in [1.807, 2.05) is 6.21 Å². The van der Waals surface area contributed by atoms with E-state index in [2.05, 4.69) is 34.2 Å². The third-order valence-corrected chi connectivity index (χ3v) is 3.13. The number of aliphatic imine (C=N–C) groups is 1. The van der Waals surface area contributed by atoms with Crippen molar-refractivity contribution in [3.63, 3.8) is 0 Å². The van der Waals surface area contributed by atoms with Gasteiger partial charge in [0.05, 0.1) is 6.54 Å². The molecule has 2 heteroatoms. The van der Waals surface area contributed by atoms with E-state index < -0.39 is 0 Å². The van der Waals surface area contributed by atoms with Crippen molar-refractivity contribution in [2.45, 2.75) is 19.3 Å². The summed E-state index contributed by atoms with van der Waals surface area (Å²) in [4.78, 5) is 6.73. The Balaban J connectivity index is 1.60. The molecule has 0 aromatic carbocycles. The maximum atomic E-state index is 4.24. The minimum atomic E-state index is 0.786. The molecule has 0 saturated heterocycles. The number of hydrogen-bond donors (Lipinski definition) is 0. The van der Waals surface area contributed by atoms with Gasteiger partial charge in [-0.15, -0.1) is 0 Å². The Morgan fingerprint density at radius 1 is 1.33 bits per heavy atom. The molecule has 2 nitrogen and oxygen atoms in total. The van der Waals surface area contributed by atoms with Gasteiger partial charge in [0.1, 0.15) is 0 Å². The first-order chi connectivity index (χ1) is 7.45. The number of nitrogens with zero attached hydrogens (tertiary/aromatic N) is 2. The van der Waals surface area contributed by atoms with Crippen LogP contribution in [0.15, 0.2) is 29.3 Å². The van der Waals surface area contributed by atoms with Crippen LogP contribution in [0.2, 0.25) is 0 Å². The third-order valence-electron chi connectivity index (χ3n) is 3.13. The molecule has 0 aromatic heterocycles. The lowest BCUT2D eigenvalue weighted by molar-refractivity contribution is 0.300. The fraction of sp³-hybridized carbons (Fsp3) is 0.615. The molecule has 0 aromatic rings. The van der Waals surface area contributed by atoms with Gasteiger partial charge in [0.2, 0.25) is 0 Å². The summed E-state index contributed by atoms with van der Waals surface area (Å²) in [6, 6.07) is 0. The molecule has 2 rings (SSSR count). The highest BCUT2D eigenvalue weighted by molar-refractivity contribution is 5.60. The molecule has 0 radical (unpaired) electrons. The molecule has 1 unspecified atom stereocenters. The van der Waals surface area contributed by atoms with E-state index in [9.17, 15) is 0 Å². The summed E-state index contributed by atoms with van der Waals surface area (Å²) in [7, 11) is 0. The largest absolute Gasteiger partial charge is 0.296 e. The summed E-state index contributed by atoms with van der Waals surface area (Å²) in [5, 5.41) is 0. The van der Waals surface area contributed by atoms with Crippen molar-refractivity contribution in [2.24, 2.45) is 10.9 Å². The van der Waals surface area contributed by atoms with Crippen LogP contribution in [0.4, 0.5) is 0 Å². The Bertz CT molecular complexity index is 266. The van der Waals surface area contributed by atoms with Gasteiger partial charge in [-0.05, 0) is 31.7 Å². The molecule has 1 aliphatic carbocycles. The maximum absolute atomic E-state index is 4.24. The quantitative estimate of drug-likeness (QED) is 0.686. The lowest BCUT2D eigenvalue weighted by Gasteiger charge is -2.23. The maximum Gasteiger partial charge on any atom is 0.0513 e. The molecule has 15 heavy (non-hydrogen) atoms. The Morgan fingerprint density at radius 3 is 3.07 bits per heavy atom. The summed E-state index contributed by atoms with van der Waals surface area (Å²) < 4.78 is 0. The molecule has 82 valence electrons. The van der Waals surface area contributed by atoms with Gasteiger partial charge in [-0.1, -0.05) is 24.3 Å². The van der Waals surface area contributed by atoms with Gasteiger partial charge >= 0.3 is 0 Å². The van der Waals surface area contributed by atoms with Crippen LogP contribution in [0.1, 0.15) is 19.3 Å². The molecule has 0 saturated carbocycles. The summed E-state index contributed by atoms with van der Waals surface area (Å²) in [5.41, 5.74) is 0. The molecular weight excluding hydrogens is 184 g/mol. The van der Waals surface area contributed by atoms with Crippen LogP contribution in [-0.4, -0.2) is 37.3 Å². The van der Waals surface area contributed by atoms with E-state index >= 15 is 0 Å². The minimum absolute atomic E-state index is 0.786. The molecule has 1 heterocycles. The number of allylic oxidation sites excluding steroid dienone is 4. The molecule has 1 atom stereocenters. The van der Waals surface area contributed by atoms with Crippen molar-refractivity contribution in [3.05, 3.63) is 24.3 Å². The fourth-order valence-corrected chi connectivity index (χ4v) is 2.18. The zero-order chi connectivity index (χ0) is 10.3. The van der Waals surface area contributed by atoms with Crippen LogP contribution >= 0.6 is 0 Å². The highest BCUT2D eigenvalue weighted by atomic mass is 15.1. The van der Waals surface area contributed by atoms with Crippen molar-refractivity contribution in [1.29, 1.82) is 0 Å². The first-order valence-corrected chi connectivity index (χ1v) is 5.99. The highest BCUT2D eigenvalue weighted by Gasteiger charge is 2.08. The van der Waals surface area contributed by atoms with E-state index in [1.54, 1.807) is 0 Å². The Hall–Kier alpha value is -0.890. The molecular formula is C13H20N2. The van der Waals surface area contributed by atoms with Gasteiger partial charge in [-0.3, -0.25) is 9.89 Å². The van der Waals surface area contributed by atoms with Gasteiger partial charge in [-0.2, -0.15) is 0 Å². The molecule has 0 spiro atoms. The van der Waals surface area contributed by atoms with Crippen LogP contribution in [0.3, 0.4) is 0 Å². The van der Waals surface area contributed by atoms with Crippen LogP contribution in [-0.2, 0) is 0 Å². The zero-order valence-corrected chi connectivity index (χ0v) is 9.31. The van der Waals surface area contributed by atoms with Gasteiger partial charge < -0.3 is 0 Å². The zero-order valence-electron chi connectivity index (χ0n) is 9.31. The SMILES string of the molecule is C1=CCC(CCCN2CC=NCC2)C=C1. The van der Waals surface area contributed by atoms with E-state index in [0.717, 1.165) is 25.6 Å². The third kappa shape index (κ3) is 3.63. The smallest absolute Gasteiger partial charge is 0.0513 e. The van der Waals surface area contributed by atoms with E-state index in [4.69, 9.17) is 0 Å². The van der Waals surface area contributed by atoms with Crippen molar-refractivity contribution in [3.8, 4) is 0 Å². The summed E-state index contributed by atoms with van der Waals surface area (Å²) >= 11 is 0. The first kappa shape index (κ1) is 10.6. The molecule has 2 aliphatic rings. The second-order valence-corrected chi connectivity index (χ2v) is 4.34. The standard InChI is InChI=1S/C13H20N2/c1-2-5-13(6-3-1)7-4-10-15-11-8-14-9-12-15/h1-3,5,8,13H,4,6-7,9-12H2. The first-order valence-electron chi connectivity index (χ1n) is 5.99. The molecule has 0 N–H and O–H groups in total. The lowest BCUT2D eigenvalue weighted by Crippen LogP contribution is -2.32. The predicted molar refractivity (Wildman–Crippen MR) is 65.4 cm³/mol. The summed E-state index contributed by atoms with van der Waals surface area (Å²) in [6.07, 6.45) is 14.9. The molecule has 1 aliphatic heterocycles. The number of rotatable bonds is 4. The molecule has 0 amide bonds. The Labute approximate surface area is 92.4 Å². The summed E-state index contributed by atoms with van der Waals surface area (Å²) in [6.45, 7) is 4.43. The van der Waals surface area contributed by atoms with Crippen LogP contribution in [0.5, 0.6) is 0 Å². The van der Waals surface area contributed by atoms with Crippen molar-refractivity contribution >= 4 is 6.21 Å². The number of hydrogen-bond acceptors (Lipinski definition) is 2. The van der Waals surface area contributed by atoms with Gasteiger partial charge in [-0.25, -0.2) is 0 Å². The van der Waals surface area contributed by atoms with E-state index in [-0.39, 0.29) is 0 Å². The lowest BCUT2D eigenvalue weighted by atomic mass is 9.96. The molecule has 0 fully saturated rings. The van der Waals surface area contributed by atoms with Crippen LogP contribution < -0.4 is 0 Å². The summed E-state index contributed by atoms with van der Waals surface area (Å²) in [5.74, 6) is 0.786. The van der Waals surface area contributed by atoms with Crippen molar-refractivity contribution in [1.82, 2.24) is 4.90 Å². The van der Waals surface area contributed by atoms with E-state index in [1.165, 1.54) is 25.8 Å². The topological polar surface area (TPSA) is 15.6 Å². The average molecular weight is 204 g/mol. The second-order valence-electron chi connectivity index (χ2n) is 4.34. The van der Waals surface area contributed by atoms with Gasteiger partial charge in [0.15, 0.2) is 0 Å². The van der Waals surface area contributed by atoms with E-state index in [0.29, 0.717) is 0 Å². The van der Waals surface area contributed by atoms with Gasteiger partial charge in [0, 0.05) is 19.3 Å². The van der Waals surface area contributed by atoms with Crippen LogP contribution in [0.25, 0.3) is 0 Å². The van der Waals surface area contributed by atoms with Crippen molar-refractivity contribution < 1.29 is 0 Å². The van der Waals surface area contributed by atoms with Crippen molar-refractivity contribution in [2.75, 3.05) is 26.2 Å². The van der Waals surface area contributed by atoms with Gasteiger partial charge in [0.25, 0.3) is 0 Å². The Kier molecular flexibility index (Phi) is 4.15. The predicted octanol–water partition coefficient (Wildman–Crippen LogP) is 2.29. The van der Waals surface area contributed by atoms with Crippen LogP contribution in [0, 0.1) is 5.92 Å². The molecule has 0 bridgehead atoms.